The molecule has 19 heavy (non-hydrogen) atoms. The Morgan fingerprint density at radius 1 is 1.47 bits per heavy atom. The normalized spacial score (nSPS) is 10.5. The van der Waals surface area contributed by atoms with Crippen LogP contribution in [-0.2, 0) is 11.3 Å². The monoisotopic (exact) mass is 343 g/mol. The third kappa shape index (κ3) is 6.19. The molecule has 0 aliphatic carbocycles. The van der Waals surface area contributed by atoms with Crippen LogP contribution >= 0.6 is 27.3 Å². The van der Waals surface area contributed by atoms with Crippen molar-refractivity contribution in [3.05, 3.63) is 20.8 Å². The Labute approximate surface area is 126 Å². The lowest BCUT2D eigenvalue weighted by molar-refractivity contribution is -0.130. The van der Waals surface area contributed by atoms with Gasteiger partial charge in [0.1, 0.15) is 0 Å². The number of nitrogens with zero attached hydrogens (tertiary/aromatic N) is 3. The van der Waals surface area contributed by atoms with E-state index in [-0.39, 0.29) is 5.91 Å². The van der Waals surface area contributed by atoms with Gasteiger partial charge in [-0.05, 0) is 40.0 Å². The molecule has 0 unspecified atom stereocenters. The molecule has 0 saturated carbocycles. The minimum absolute atomic E-state index is 0.0913. The summed E-state index contributed by atoms with van der Waals surface area (Å²) in [6, 6.07) is 4.14. The summed E-state index contributed by atoms with van der Waals surface area (Å²) in [5.74, 6) is 0.0913. The Balaban J connectivity index is 2.28. The second kappa shape index (κ2) is 8.31. The van der Waals surface area contributed by atoms with Gasteiger partial charge in [0.2, 0.25) is 5.91 Å². The number of hydrogen-bond donors (Lipinski definition) is 0. The molecule has 0 fully saturated rings. The van der Waals surface area contributed by atoms with Crippen LogP contribution in [0.3, 0.4) is 0 Å². The van der Waals surface area contributed by atoms with Gasteiger partial charge in [-0.15, -0.1) is 11.3 Å². The zero-order chi connectivity index (χ0) is 14.3. The smallest absolute Gasteiger partial charge is 0.223 e. The van der Waals surface area contributed by atoms with Crippen molar-refractivity contribution < 1.29 is 4.79 Å². The second-order valence-electron chi connectivity index (χ2n) is 4.47. The van der Waals surface area contributed by atoms with Crippen molar-refractivity contribution in [2.24, 2.45) is 0 Å². The van der Waals surface area contributed by atoms with Crippen molar-refractivity contribution in [3.8, 4) is 6.07 Å². The van der Waals surface area contributed by atoms with E-state index in [2.05, 4.69) is 32.3 Å². The zero-order valence-corrected chi connectivity index (χ0v) is 13.6. The molecule has 1 heterocycles. The molecular weight excluding hydrogens is 326 g/mol. The van der Waals surface area contributed by atoms with E-state index in [4.69, 9.17) is 5.26 Å². The van der Waals surface area contributed by atoms with Gasteiger partial charge in [0, 0.05) is 33.1 Å². The first-order valence-electron chi connectivity index (χ1n) is 6.05. The van der Waals surface area contributed by atoms with E-state index < -0.39 is 0 Å². The van der Waals surface area contributed by atoms with Gasteiger partial charge in [-0.3, -0.25) is 4.79 Å². The third-order valence-corrected chi connectivity index (χ3v) is 4.32. The highest BCUT2D eigenvalue weighted by molar-refractivity contribution is 9.11. The van der Waals surface area contributed by atoms with Crippen molar-refractivity contribution in [2.75, 3.05) is 27.2 Å². The van der Waals surface area contributed by atoms with Crippen molar-refractivity contribution >= 4 is 33.2 Å². The zero-order valence-electron chi connectivity index (χ0n) is 11.2. The lowest BCUT2D eigenvalue weighted by Crippen LogP contribution is -2.31. The topological polar surface area (TPSA) is 47.3 Å². The van der Waals surface area contributed by atoms with Crippen molar-refractivity contribution in [2.45, 2.75) is 19.4 Å². The molecule has 0 bridgehead atoms. The van der Waals surface area contributed by atoms with Crippen LogP contribution in [0.4, 0.5) is 0 Å². The summed E-state index contributed by atoms with van der Waals surface area (Å²) in [4.78, 5) is 15.5. The average molecular weight is 344 g/mol. The fraction of sp³-hybridized carbons (Fsp3) is 0.538. The molecule has 0 aliphatic heterocycles. The van der Waals surface area contributed by atoms with Crippen LogP contribution in [0, 0.1) is 11.3 Å². The van der Waals surface area contributed by atoms with Crippen molar-refractivity contribution in [1.82, 2.24) is 9.80 Å². The largest absolute Gasteiger partial charge is 0.345 e. The highest BCUT2D eigenvalue weighted by Gasteiger charge is 2.10. The lowest BCUT2D eigenvalue weighted by atomic mass is 10.3. The Kier molecular flexibility index (Phi) is 7.06. The molecule has 0 spiro atoms. The number of carbonyl (C=O) groups is 1. The highest BCUT2D eigenvalue weighted by atomic mass is 79.9. The molecule has 0 atom stereocenters. The predicted molar refractivity (Wildman–Crippen MR) is 80.8 cm³/mol. The van der Waals surface area contributed by atoms with E-state index in [1.54, 1.807) is 23.3 Å². The van der Waals surface area contributed by atoms with Gasteiger partial charge in [-0.25, -0.2) is 0 Å². The Morgan fingerprint density at radius 2 is 2.21 bits per heavy atom. The molecule has 104 valence electrons. The maximum absolute atomic E-state index is 11.8. The molecule has 0 aromatic carbocycles. The first-order valence-corrected chi connectivity index (χ1v) is 7.72. The number of nitriles is 1. The summed E-state index contributed by atoms with van der Waals surface area (Å²) < 4.78 is 1.13. The maximum Gasteiger partial charge on any atom is 0.223 e. The summed E-state index contributed by atoms with van der Waals surface area (Å²) >= 11 is 5.11. The standard InChI is InChI=1S/C13H18BrN3OS/c1-16(9-11-8-12(14)19-10-11)7-4-13(18)17(2)6-3-5-15/h8,10H,3-4,6-7,9H2,1-2H3. The summed E-state index contributed by atoms with van der Waals surface area (Å²) in [7, 11) is 3.75. The first-order chi connectivity index (χ1) is 9.02. The van der Waals surface area contributed by atoms with E-state index in [0.29, 0.717) is 19.4 Å². The van der Waals surface area contributed by atoms with Crippen LogP contribution < -0.4 is 0 Å². The molecule has 0 aliphatic rings. The van der Waals surface area contributed by atoms with Gasteiger partial charge in [-0.1, -0.05) is 0 Å². The van der Waals surface area contributed by atoms with Crippen LogP contribution in [0.1, 0.15) is 18.4 Å². The molecule has 1 aromatic rings. The van der Waals surface area contributed by atoms with Gasteiger partial charge in [-0.2, -0.15) is 5.26 Å². The number of rotatable bonds is 7. The quantitative estimate of drug-likeness (QED) is 0.764. The average Bonchev–Trinajstić information content (AvgIpc) is 2.78. The Hall–Kier alpha value is -0.900. The molecular formula is C13H18BrN3OS. The molecule has 0 saturated heterocycles. The molecule has 4 nitrogen and oxygen atoms in total. The maximum atomic E-state index is 11.8. The Bertz CT molecular complexity index is 455. The van der Waals surface area contributed by atoms with Crippen LogP contribution in [-0.4, -0.2) is 42.9 Å². The van der Waals surface area contributed by atoms with E-state index in [1.807, 2.05) is 13.1 Å². The third-order valence-electron chi connectivity index (χ3n) is 2.77. The molecule has 0 radical (unpaired) electrons. The number of carbonyl (C=O) groups excluding carboxylic acids is 1. The van der Waals surface area contributed by atoms with Crippen molar-refractivity contribution in [3.63, 3.8) is 0 Å². The fourth-order valence-electron chi connectivity index (χ4n) is 1.64. The molecule has 0 N–H and O–H groups in total. The number of thiophene rings is 1. The van der Waals surface area contributed by atoms with E-state index in [0.717, 1.165) is 16.9 Å². The summed E-state index contributed by atoms with van der Waals surface area (Å²) in [6.07, 6.45) is 0.880. The van der Waals surface area contributed by atoms with Gasteiger partial charge < -0.3 is 9.80 Å². The minimum Gasteiger partial charge on any atom is -0.345 e. The summed E-state index contributed by atoms with van der Waals surface area (Å²) in [6.45, 7) is 2.08. The second-order valence-corrected chi connectivity index (χ2v) is 6.76. The van der Waals surface area contributed by atoms with Crippen LogP contribution in [0.15, 0.2) is 15.2 Å². The highest BCUT2D eigenvalue weighted by Crippen LogP contribution is 2.21. The number of amides is 1. The van der Waals surface area contributed by atoms with Gasteiger partial charge in [0.05, 0.1) is 16.3 Å². The summed E-state index contributed by atoms with van der Waals surface area (Å²) in [5, 5.41) is 10.6. The van der Waals surface area contributed by atoms with Gasteiger partial charge in [0.15, 0.2) is 0 Å². The predicted octanol–water partition coefficient (Wildman–Crippen LogP) is 2.70. The molecule has 1 aromatic heterocycles. The van der Waals surface area contributed by atoms with E-state index in [1.165, 1.54) is 5.56 Å². The fourth-order valence-corrected chi connectivity index (χ4v) is 2.84. The SMILES string of the molecule is CN(CCC(=O)N(C)CCC#N)Cc1csc(Br)c1. The minimum atomic E-state index is 0.0913. The van der Waals surface area contributed by atoms with Crippen molar-refractivity contribution in [1.29, 1.82) is 5.26 Å². The van der Waals surface area contributed by atoms with E-state index >= 15 is 0 Å². The first kappa shape index (κ1) is 16.2. The Morgan fingerprint density at radius 3 is 2.79 bits per heavy atom. The molecule has 6 heteroatoms. The van der Waals surface area contributed by atoms with Crippen LogP contribution in [0.5, 0.6) is 0 Å². The molecule has 1 rings (SSSR count). The number of halogens is 1. The van der Waals surface area contributed by atoms with Gasteiger partial charge >= 0.3 is 0 Å². The molecule has 1 amide bonds. The van der Waals surface area contributed by atoms with E-state index in [9.17, 15) is 4.79 Å². The van der Waals surface area contributed by atoms with Crippen LogP contribution in [0.2, 0.25) is 0 Å². The van der Waals surface area contributed by atoms with Gasteiger partial charge in [0.25, 0.3) is 0 Å². The van der Waals surface area contributed by atoms with Crippen LogP contribution in [0.25, 0.3) is 0 Å². The number of hydrogen-bond acceptors (Lipinski definition) is 4. The lowest BCUT2D eigenvalue weighted by Gasteiger charge is -2.19. The summed E-state index contributed by atoms with van der Waals surface area (Å²) in [5.41, 5.74) is 1.25.